The predicted octanol–water partition coefficient (Wildman–Crippen LogP) is 3.57. The Morgan fingerprint density at radius 1 is 1.18 bits per heavy atom. The summed E-state index contributed by atoms with van der Waals surface area (Å²) in [6.45, 7) is 1.75. The first-order chi connectivity index (χ1) is 10.6. The van der Waals surface area contributed by atoms with E-state index in [4.69, 9.17) is 10.5 Å². The predicted molar refractivity (Wildman–Crippen MR) is 83.9 cm³/mol. The number of nitrogens with two attached hydrogens (primary N) is 1. The smallest absolute Gasteiger partial charge is 0.338 e. The van der Waals surface area contributed by atoms with E-state index >= 15 is 0 Å². The lowest BCUT2D eigenvalue weighted by Crippen LogP contribution is -2.39. The number of carbonyl (C=O) groups is 1. The lowest BCUT2D eigenvalue weighted by molar-refractivity contribution is -0.0714. The Morgan fingerprint density at radius 2 is 1.86 bits per heavy atom. The number of rotatable bonds is 6. The number of carbonyl (C=O) groups excluding carboxylic acids is 1. The highest BCUT2D eigenvalue weighted by Crippen LogP contribution is 2.22. The second-order valence-electron chi connectivity index (χ2n) is 5.13. The Kier molecular flexibility index (Phi) is 5.38. The molecule has 0 saturated carbocycles. The number of para-hydroxylation sites is 1. The van der Waals surface area contributed by atoms with Crippen molar-refractivity contribution in [3.05, 3.63) is 60.2 Å². The summed E-state index contributed by atoms with van der Waals surface area (Å²) >= 11 is 0. The third kappa shape index (κ3) is 4.49. The molecule has 0 fully saturated rings. The normalized spacial score (nSPS) is 11.7. The van der Waals surface area contributed by atoms with Crippen LogP contribution in [0.4, 0.5) is 4.79 Å². The number of hydrogen-bond acceptors (Lipinski definition) is 3. The molecule has 0 aliphatic heterocycles. The molecule has 0 spiro atoms. The first kappa shape index (κ1) is 15.9. The van der Waals surface area contributed by atoms with Gasteiger partial charge in [-0.05, 0) is 49.6 Å². The fraction of sp³-hybridized carbons (Fsp3) is 0.235. The largest absolute Gasteiger partial charge is 0.457 e. The van der Waals surface area contributed by atoms with Crippen LogP contribution in [0.25, 0.3) is 0 Å². The third-order valence-corrected chi connectivity index (χ3v) is 3.37. The molecule has 0 saturated heterocycles. The van der Waals surface area contributed by atoms with Crippen molar-refractivity contribution in [3.8, 4) is 11.5 Å². The number of ether oxygens (including phenoxy) is 1. The molecule has 1 atom stereocenters. The number of primary amides is 1. The standard InChI is InChI=1S/C17H20N2O3/c1-13(19(21)17(18)20)10-11-14-6-5-9-16(12-14)22-15-7-3-2-4-8-15/h2-9,12-13,21H,10-11H2,1H3,(H2,18,20). The number of nitrogens with zero attached hydrogens (tertiary/aromatic N) is 1. The monoisotopic (exact) mass is 300 g/mol. The maximum Gasteiger partial charge on any atom is 0.338 e. The number of benzene rings is 2. The molecule has 1 unspecified atom stereocenters. The van der Waals surface area contributed by atoms with Gasteiger partial charge in [0.1, 0.15) is 11.5 Å². The van der Waals surface area contributed by atoms with Crippen molar-refractivity contribution in [3.63, 3.8) is 0 Å². The SMILES string of the molecule is CC(CCc1cccc(Oc2ccccc2)c1)N(O)C(N)=O. The van der Waals surface area contributed by atoms with E-state index in [9.17, 15) is 10.0 Å². The molecule has 2 rings (SSSR count). The van der Waals surface area contributed by atoms with Crippen molar-refractivity contribution in [1.29, 1.82) is 0 Å². The van der Waals surface area contributed by atoms with Gasteiger partial charge in [0.25, 0.3) is 0 Å². The minimum Gasteiger partial charge on any atom is -0.457 e. The van der Waals surface area contributed by atoms with Gasteiger partial charge >= 0.3 is 6.03 Å². The van der Waals surface area contributed by atoms with Gasteiger partial charge in [0.05, 0.1) is 6.04 Å². The maximum atomic E-state index is 10.9. The van der Waals surface area contributed by atoms with Gasteiger partial charge in [0, 0.05) is 0 Å². The zero-order chi connectivity index (χ0) is 15.9. The van der Waals surface area contributed by atoms with E-state index in [1.54, 1.807) is 6.92 Å². The van der Waals surface area contributed by atoms with Crippen LogP contribution in [0.1, 0.15) is 18.9 Å². The molecular weight excluding hydrogens is 280 g/mol. The van der Waals surface area contributed by atoms with Crippen molar-refractivity contribution in [2.45, 2.75) is 25.8 Å². The number of amides is 2. The van der Waals surface area contributed by atoms with Crippen LogP contribution in [0.2, 0.25) is 0 Å². The second kappa shape index (κ2) is 7.47. The molecular formula is C17H20N2O3. The molecule has 2 amide bonds. The minimum atomic E-state index is -0.839. The summed E-state index contributed by atoms with van der Waals surface area (Å²) < 4.78 is 5.78. The van der Waals surface area contributed by atoms with Gasteiger partial charge in [-0.15, -0.1) is 0 Å². The maximum absolute atomic E-state index is 10.9. The summed E-state index contributed by atoms with van der Waals surface area (Å²) in [6, 6.07) is 16.1. The molecule has 0 radical (unpaired) electrons. The minimum absolute atomic E-state index is 0.337. The number of urea groups is 1. The molecule has 0 aliphatic carbocycles. The van der Waals surface area contributed by atoms with Crippen LogP contribution in [-0.4, -0.2) is 22.3 Å². The van der Waals surface area contributed by atoms with Crippen LogP contribution < -0.4 is 10.5 Å². The molecule has 3 N–H and O–H groups in total. The van der Waals surface area contributed by atoms with E-state index in [2.05, 4.69) is 0 Å². The van der Waals surface area contributed by atoms with Crippen molar-refractivity contribution in [2.24, 2.45) is 5.73 Å². The Bertz CT molecular complexity index is 616. The van der Waals surface area contributed by atoms with Crippen LogP contribution in [0.15, 0.2) is 54.6 Å². The van der Waals surface area contributed by atoms with Gasteiger partial charge in [0.15, 0.2) is 0 Å². The third-order valence-electron chi connectivity index (χ3n) is 3.37. The summed E-state index contributed by atoms with van der Waals surface area (Å²) in [5, 5.41) is 10.0. The lowest BCUT2D eigenvalue weighted by atomic mass is 10.1. The molecule has 2 aromatic carbocycles. The summed E-state index contributed by atoms with van der Waals surface area (Å²) in [7, 11) is 0. The first-order valence-corrected chi connectivity index (χ1v) is 7.15. The van der Waals surface area contributed by atoms with Crippen molar-refractivity contribution in [2.75, 3.05) is 0 Å². The Labute approximate surface area is 129 Å². The number of aryl methyl sites for hydroxylation is 1. The average Bonchev–Trinajstić information content (AvgIpc) is 2.53. The van der Waals surface area contributed by atoms with Crippen LogP contribution in [-0.2, 0) is 6.42 Å². The van der Waals surface area contributed by atoms with E-state index in [1.807, 2.05) is 54.6 Å². The molecule has 0 bridgehead atoms. The van der Waals surface area contributed by atoms with Crippen molar-refractivity contribution in [1.82, 2.24) is 5.06 Å². The number of hydroxylamine groups is 2. The summed E-state index contributed by atoms with van der Waals surface area (Å²) in [6.07, 6.45) is 1.31. The topological polar surface area (TPSA) is 75.8 Å². The van der Waals surface area contributed by atoms with Crippen LogP contribution in [0, 0.1) is 0 Å². The molecule has 22 heavy (non-hydrogen) atoms. The molecule has 0 heterocycles. The van der Waals surface area contributed by atoms with E-state index in [0.717, 1.165) is 17.1 Å². The van der Waals surface area contributed by atoms with Gasteiger partial charge < -0.3 is 10.5 Å². The van der Waals surface area contributed by atoms with Gasteiger partial charge in [0.2, 0.25) is 0 Å². The molecule has 5 heteroatoms. The van der Waals surface area contributed by atoms with Crippen molar-refractivity contribution < 1.29 is 14.7 Å². The highest BCUT2D eigenvalue weighted by atomic mass is 16.5. The van der Waals surface area contributed by atoms with Crippen LogP contribution >= 0.6 is 0 Å². The fourth-order valence-corrected chi connectivity index (χ4v) is 2.10. The second-order valence-corrected chi connectivity index (χ2v) is 5.13. The van der Waals surface area contributed by atoms with Crippen LogP contribution in [0.3, 0.4) is 0 Å². The quantitative estimate of drug-likeness (QED) is 0.632. The average molecular weight is 300 g/mol. The highest BCUT2D eigenvalue weighted by molar-refractivity contribution is 5.70. The summed E-state index contributed by atoms with van der Waals surface area (Å²) in [4.78, 5) is 10.9. The molecule has 0 aliphatic rings. The highest BCUT2D eigenvalue weighted by Gasteiger charge is 2.14. The Morgan fingerprint density at radius 3 is 2.55 bits per heavy atom. The zero-order valence-electron chi connectivity index (χ0n) is 12.5. The molecule has 5 nitrogen and oxygen atoms in total. The van der Waals surface area contributed by atoms with Gasteiger partial charge in [-0.3, -0.25) is 5.21 Å². The Balaban J connectivity index is 1.95. The summed E-state index contributed by atoms with van der Waals surface area (Å²) in [5.74, 6) is 1.54. The fourth-order valence-electron chi connectivity index (χ4n) is 2.10. The van der Waals surface area contributed by atoms with E-state index in [1.165, 1.54) is 0 Å². The van der Waals surface area contributed by atoms with Gasteiger partial charge in [-0.25, -0.2) is 9.86 Å². The van der Waals surface area contributed by atoms with Gasteiger partial charge in [-0.2, -0.15) is 0 Å². The molecule has 2 aromatic rings. The van der Waals surface area contributed by atoms with Crippen molar-refractivity contribution >= 4 is 6.03 Å². The Hall–Kier alpha value is -2.53. The molecule has 0 aromatic heterocycles. The summed E-state index contributed by atoms with van der Waals surface area (Å²) in [5.41, 5.74) is 6.10. The van der Waals surface area contributed by atoms with E-state index < -0.39 is 6.03 Å². The molecule has 116 valence electrons. The first-order valence-electron chi connectivity index (χ1n) is 7.15. The van der Waals surface area contributed by atoms with Gasteiger partial charge in [-0.1, -0.05) is 30.3 Å². The van der Waals surface area contributed by atoms with E-state index in [-0.39, 0.29) is 6.04 Å². The van der Waals surface area contributed by atoms with E-state index in [0.29, 0.717) is 17.9 Å². The lowest BCUT2D eigenvalue weighted by Gasteiger charge is -2.20. The zero-order valence-corrected chi connectivity index (χ0v) is 12.5. The van der Waals surface area contributed by atoms with Crippen LogP contribution in [0.5, 0.6) is 11.5 Å². The number of hydrogen-bond donors (Lipinski definition) is 2.